The second-order valence-electron chi connectivity index (χ2n) is 7.52. The van der Waals surface area contributed by atoms with Gasteiger partial charge in [-0.15, -0.1) is 0 Å². The van der Waals surface area contributed by atoms with Crippen molar-refractivity contribution in [1.82, 2.24) is 10.2 Å². The maximum absolute atomic E-state index is 11.8. The number of carbonyl (C=O) groups is 1. The van der Waals surface area contributed by atoms with E-state index in [0.29, 0.717) is 12.6 Å². The van der Waals surface area contributed by atoms with E-state index in [4.69, 9.17) is 4.74 Å². The molecule has 1 heterocycles. The first-order chi connectivity index (χ1) is 10.4. The van der Waals surface area contributed by atoms with E-state index in [0.717, 1.165) is 24.9 Å². The zero-order valence-corrected chi connectivity index (χ0v) is 13.7. The first kappa shape index (κ1) is 15.3. The normalized spacial score (nSPS) is 27.3. The van der Waals surface area contributed by atoms with Crippen molar-refractivity contribution >= 4 is 6.09 Å². The summed E-state index contributed by atoms with van der Waals surface area (Å²) in [5.74, 6) is 1.58. The molecule has 0 bridgehead atoms. The van der Waals surface area contributed by atoms with Crippen LogP contribution in [0.3, 0.4) is 0 Å². The standard InChI is InChI=1S/C18H26N2O2/c1-18(2,3)22-17(21)19-10-16-15-9-14(15)12-20(16)11-13-7-5-4-6-8-13/h4-8,14-16H,9-12H2,1-3H3,(H,19,21). The minimum atomic E-state index is -0.439. The summed E-state index contributed by atoms with van der Waals surface area (Å²) in [4.78, 5) is 14.4. The van der Waals surface area contributed by atoms with E-state index >= 15 is 0 Å². The maximum Gasteiger partial charge on any atom is 0.407 e. The number of rotatable bonds is 4. The zero-order chi connectivity index (χ0) is 15.7. The third-order valence-electron chi connectivity index (χ3n) is 4.49. The Morgan fingerprint density at radius 1 is 1.32 bits per heavy atom. The highest BCUT2D eigenvalue weighted by atomic mass is 16.6. The molecule has 0 radical (unpaired) electrons. The first-order valence-corrected chi connectivity index (χ1v) is 8.17. The van der Waals surface area contributed by atoms with Gasteiger partial charge in [0.15, 0.2) is 0 Å². The van der Waals surface area contributed by atoms with E-state index in [9.17, 15) is 4.79 Å². The Balaban J connectivity index is 1.54. The monoisotopic (exact) mass is 302 g/mol. The Morgan fingerprint density at radius 2 is 2.05 bits per heavy atom. The highest BCUT2D eigenvalue weighted by molar-refractivity contribution is 5.67. The number of hydrogen-bond acceptors (Lipinski definition) is 3. The molecule has 120 valence electrons. The van der Waals surface area contributed by atoms with Crippen LogP contribution in [0, 0.1) is 11.8 Å². The average molecular weight is 302 g/mol. The van der Waals surface area contributed by atoms with Crippen molar-refractivity contribution in [1.29, 1.82) is 0 Å². The number of amides is 1. The number of alkyl carbamates (subject to hydrolysis) is 1. The Morgan fingerprint density at radius 3 is 2.73 bits per heavy atom. The summed E-state index contributed by atoms with van der Waals surface area (Å²) in [6, 6.07) is 11.0. The SMILES string of the molecule is CC(C)(C)OC(=O)NCC1C2CC2CN1Cc1ccccc1. The van der Waals surface area contributed by atoms with Crippen molar-refractivity contribution in [2.75, 3.05) is 13.1 Å². The molecule has 1 saturated carbocycles. The Hall–Kier alpha value is -1.55. The number of fused-ring (bicyclic) bond motifs is 1. The van der Waals surface area contributed by atoms with Gasteiger partial charge in [0.1, 0.15) is 5.60 Å². The summed E-state index contributed by atoms with van der Waals surface area (Å²) < 4.78 is 5.33. The molecular weight excluding hydrogens is 276 g/mol. The molecule has 2 fully saturated rings. The quantitative estimate of drug-likeness (QED) is 0.929. The van der Waals surface area contributed by atoms with E-state index in [1.165, 1.54) is 12.0 Å². The Kier molecular flexibility index (Phi) is 4.13. The molecule has 1 amide bonds. The number of ether oxygens (including phenoxy) is 1. The van der Waals surface area contributed by atoms with Crippen molar-refractivity contribution in [2.45, 2.75) is 45.4 Å². The van der Waals surface area contributed by atoms with Gasteiger partial charge >= 0.3 is 6.09 Å². The molecule has 0 spiro atoms. The van der Waals surface area contributed by atoms with Gasteiger partial charge in [-0.05, 0) is 44.6 Å². The van der Waals surface area contributed by atoms with Crippen LogP contribution in [-0.4, -0.2) is 35.7 Å². The fourth-order valence-corrected chi connectivity index (χ4v) is 3.44. The summed E-state index contributed by atoms with van der Waals surface area (Å²) in [7, 11) is 0. The molecule has 1 aromatic carbocycles. The van der Waals surface area contributed by atoms with E-state index < -0.39 is 5.60 Å². The van der Waals surface area contributed by atoms with E-state index in [-0.39, 0.29) is 6.09 Å². The molecule has 4 heteroatoms. The number of piperidine rings is 1. The maximum atomic E-state index is 11.8. The molecule has 3 atom stereocenters. The molecular formula is C18H26N2O2. The number of nitrogens with one attached hydrogen (secondary N) is 1. The van der Waals surface area contributed by atoms with Crippen molar-refractivity contribution < 1.29 is 9.53 Å². The molecule has 3 unspecified atom stereocenters. The minimum absolute atomic E-state index is 0.309. The van der Waals surface area contributed by atoms with Crippen LogP contribution in [0.4, 0.5) is 4.79 Å². The highest BCUT2D eigenvalue weighted by Gasteiger charge is 2.52. The van der Waals surface area contributed by atoms with Gasteiger partial charge in [0, 0.05) is 25.7 Å². The van der Waals surface area contributed by atoms with Crippen LogP contribution in [0.2, 0.25) is 0 Å². The van der Waals surface area contributed by atoms with Crippen LogP contribution < -0.4 is 5.32 Å². The molecule has 2 aliphatic rings. The van der Waals surface area contributed by atoms with E-state index in [2.05, 4.69) is 34.5 Å². The van der Waals surface area contributed by atoms with Crippen molar-refractivity contribution in [3.05, 3.63) is 35.9 Å². The van der Waals surface area contributed by atoms with Gasteiger partial charge in [-0.3, -0.25) is 4.90 Å². The number of hydrogen-bond donors (Lipinski definition) is 1. The second kappa shape index (κ2) is 5.92. The molecule has 22 heavy (non-hydrogen) atoms. The predicted octanol–water partition coefficient (Wildman–Crippen LogP) is 3.03. The largest absolute Gasteiger partial charge is 0.444 e. The lowest BCUT2D eigenvalue weighted by molar-refractivity contribution is 0.0508. The highest BCUT2D eigenvalue weighted by Crippen LogP contribution is 2.49. The lowest BCUT2D eigenvalue weighted by Gasteiger charge is -2.28. The van der Waals surface area contributed by atoms with E-state index in [1.807, 2.05) is 26.8 Å². The van der Waals surface area contributed by atoms with Crippen molar-refractivity contribution in [3.63, 3.8) is 0 Å². The summed E-state index contributed by atoms with van der Waals surface area (Å²) in [5, 5.41) is 2.95. The van der Waals surface area contributed by atoms with Crippen LogP contribution in [0.5, 0.6) is 0 Å². The third kappa shape index (κ3) is 3.80. The molecule has 1 saturated heterocycles. The fraction of sp³-hybridized carbons (Fsp3) is 0.611. The predicted molar refractivity (Wildman–Crippen MR) is 86.5 cm³/mol. The Bertz CT molecular complexity index is 524. The van der Waals surface area contributed by atoms with Gasteiger partial charge in [-0.2, -0.15) is 0 Å². The summed E-state index contributed by atoms with van der Waals surface area (Å²) in [6.07, 6.45) is 1.00. The van der Waals surface area contributed by atoms with Crippen LogP contribution in [-0.2, 0) is 11.3 Å². The summed E-state index contributed by atoms with van der Waals surface area (Å²) >= 11 is 0. The minimum Gasteiger partial charge on any atom is -0.444 e. The lowest BCUT2D eigenvalue weighted by atomic mass is 10.1. The van der Waals surface area contributed by atoms with Gasteiger partial charge in [0.2, 0.25) is 0 Å². The smallest absolute Gasteiger partial charge is 0.407 e. The van der Waals surface area contributed by atoms with Gasteiger partial charge < -0.3 is 10.1 Å². The van der Waals surface area contributed by atoms with E-state index in [1.54, 1.807) is 0 Å². The van der Waals surface area contributed by atoms with Gasteiger partial charge in [-0.25, -0.2) is 4.79 Å². The van der Waals surface area contributed by atoms with Crippen LogP contribution in [0.15, 0.2) is 30.3 Å². The average Bonchev–Trinajstić information content (AvgIpc) is 3.10. The first-order valence-electron chi connectivity index (χ1n) is 8.17. The molecule has 4 nitrogen and oxygen atoms in total. The number of carbonyl (C=O) groups excluding carboxylic acids is 1. The topological polar surface area (TPSA) is 41.6 Å². The van der Waals surface area contributed by atoms with Crippen LogP contribution in [0.25, 0.3) is 0 Å². The summed E-state index contributed by atoms with van der Waals surface area (Å²) in [6.45, 7) is 8.47. The van der Waals surface area contributed by atoms with Crippen LogP contribution >= 0.6 is 0 Å². The second-order valence-corrected chi connectivity index (χ2v) is 7.52. The van der Waals surface area contributed by atoms with Crippen molar-refractivity contribution in [3.8, 4) is 0 Å². The molecule has 1 N–H and O–H groups in total. The molecule has 0 aromatic heterocycles. The molecule has 1 aliphatic carbocycles. The van der Waals surface area contributed by atoms with Gasteiger partial charge in [0.25, 0.3) is 0 Å². The zero-order valence-electron chi connectivity index (χ0n) is 13.7. The molecule has 1 aromatic rings. The fourth-order valence-electron chi connectivity index (χ4n) is 3.44. The Labute approximate surface area is 132 Å². The summed E-state index contributed by atoms with van der Waals surface area (Å²) in [5.41, 5.74) is 0.900. The lowest BCUT2D eigenvalue weighted by Crippen LogP contribution is -2.43. The van der Waals surface area contributed by atoms with Crippen LogP contribution in [0.1, 0.15) is 32.8 Å². The number of likely N-dealkylation sites (tertiary alicyclic amines) is 1. The van der Waals surface area contributed by atoms with Gasteiger partial charge in [0.05, 0.1) is 0 Å². The van der Waals surface area contributed by atoms with Crippen molar-refractivity contribution in [2.24, 2.45) is 11.8 Å². The molecule has 1 aliphatic heterocycles. The number of benzene rings is 1. The number of nitrogens with zero attached hydrogens (tertiary/aromatic N) is 1. The third-order valence-corrected chi connectivity index (χ3v) is 4.49. The van der Waals surface area contributed by atoms with Gasteiger partial charge in [-0.1, -0.05) is 30.3 Å². The molecule has 3 rings (SSSR count).